The number of fused-ring (bicyclic) bond motifs is 1. The van der Waals surface area contributed by atoms with Crippen molar-refractivity contribution in [3.05, 3.63) is 41.6 Å². The van der Waals surface area contributed by atoms with Gasteiger partial charge in [0.1, 0.15) is 0 Å². The van der Waals surface area contributed by atoms with Crippen LogP contribution >= 0.6 is 0 Å². The molecule has 0 N–H and O–H groups in total. The molecule has 0 bridgehead atoms. The Morgan fingerprint density at radius 1 is 1.25 bits per heavy atom. The third kappa shape index (κ3) is 3.16. The quantitative estimate of drug-likeness (QED) is 0.772. The Hall–Kier alpha value is -1.90. The Balaban J connectivity index is 2.37. The molecular weight excluding hydrogens is 250 g/mol. The topological polar surface area (TPSA) is 39.2 Å². The van der Waals surface area contributed by atoms with Crippen molar-refractivity contribution in [2.75, 3.05) is 6.61 Å². The Morgan fingerprint density at radius 2 is 2.05 bits per heavy atom. The second-order valence-corrected chi connectivity index (χ2v) is 5.00. The van der Waals surface area contributed by atoms with Crippen LogP contribution in [0.2, 0.25) is 0 Å². The standard InChI is InChI=1S/C17H21NO2/c1-4-6-15(17(19)20-5-2)13-9-10-16-14(11-13)8-7-12(3)18-16/h7-11,15H,4-6H2,1-3H3. The van der Waals surface area contributed by atoms with E-state index in [0.29, 0.717) is 6.61 Å². The average Bonchev–Trinajstić information content (AvgIpc) is 2.44. The molecule has 0 saturated heterocycles. The first-order valence-electron chi connectivity index (χ1n) is 7.19. The molecule has 20 heavy (non-hydrogen) atoms. The number of carbonyl (C=O) groups excluding carboxylic acids is 1. The molecule has 3 nitrogen and oxygen atoms in total. The van der Waals surface area contributed by atoms with Crippen molar-refractivity contribution in [1.82, 2.24) is 4.98 Å². The summed E-state index contributed by atoms with van der Waals surface area (Å²) >= 11 is 0. The van der Waals surface area contributed by atoms with Crippen molar-refractivity contribution < 1.29 is 9.53 Å². The van der Waals surface area contributed by atoms with Crippen LogP contribution in [0.15, 0.2) is 30.3 Å². The summed E-state index contributed by atoms with van der Waals surface area (Å²) in [5, 5.41) is 1.07. The molecule has 0 radical (unpaired) electrons. The van der Waals surface area contributed by atoms with Gasteiger partial charge in [-0.25, -0.2) is 0 Å². The van der Waals surface area contributed by atoms with Crippen molar-refractivity contribution >= 4 is 16.9 Å². The first kappa shape index (κ1) is 14.5. The highest BCUT2D eigenvalue weighted by Gasteiger charge is 2.21. The van der Waals surface area contributed by atoms with Gasteiger partial charge in [-0.15, -0.1) is 0 Å². The summed E-state index contributed by atoms with van der Waals surface area (Å²) in [7, 11) is 0. The minimum Gasteiger partial charge on any atom is -0.466 e. The molecule has 0 amide bonds. The lowest BCUT2D eigenvalue weighted by atomic mass is 9.93. The van der Waals surface area contributed by atoms with Crippen LogP contribution in [0, 0.1) is 6.92 Å². The molecule has 0 aliphatic rings. The van der Waals surface area contributed by atoms with Gasteiger partial charge in [0.2, 0.25) is 0 Å². The molecule has 1 aromatic carbocycles. The third-order valence-corrected chi connectivity index (χ3v) is 3.40. The zero-order chi connectivity index (χ0) is 14.5. The maximum Gasteiger partial charge on any atom is 0.313 e. The Kier molecular flexibility index (Phi) is 4.72. The number of hydrogen-bond acceptors (Lipinski definition) is 3. The zero-order valence-electron chi connectivity index (χ0n) is 12.3. The summed E-state index contributed by atoms with van der Waals surface area (Å²) in [5.74, 6) is -0.306. The number of benzene rings is 1. The van der Waals surface area contributed by atoms with Gasteiger partial charge in [0, 0.05) is 11.1 Å². The van der Waals surface area contributed by atoms with Gasteiger partial charge >= 0.3 is 5.97 Å². The lowest BCUT2D eigenvalue weighted by molar-refractivity contribution is -0.145. The van der Waals surface area contributed by atoms with Crippen molar-refractivity contribution in [1.29, 1.82) is 0 Å². The van der Waals surface area contributed by atoms with E-state index in [9.17, 15) is 4.79 Å². The van der Waals surface area contributed by atoms with Gasteiger partial charge in [-0.1, -0.05) is 25.5 Å². The van der Waals surface area contributed by atoms with E-state index in [1.54, 1.807) is 0 Å². The van der Waals surface area contributed by atoms with Crippen LogP contribution in [0.4, 0.5) is 0 Å². The molecule has 0 fully saturated rings. The van der Waals surface area contributed by atoms with Gasteiger partial charge in [0.05, 0.1) is 18.0 Å². The fourth-order valence-electron chi connectivity index (χ4n) is 2.41. The molecule has 1 atom stereocenters. The summed E-state index contributed by atoms with van der Waals surface area (Å²) in [6.07, 6.45) is 1.76. The minimum absolute atomic E-state index is 0.131. The van der Waals surface area contributed by atoms with E-state index in [1.807, 2.05) is 32.0 Å². The van der Waals surface area contributed by atoms with E-state index >= 15 is 0 Å². The smallest absolute Gasteiger partial charge is 0.313 e. The fraction of sp³-hybridized carbons (Fsp3) is 0.412. The number of pyridine rings is 1. The number of nitrogens with zero attached hydrogens (tertiary/aromatic N) is 1. The Morgan fingerprint density at radius 3 is 2.75 bits per heavy atom. The molecule has 2 rings (SSSR count). The summed E-state index contributed by atoms with van der Waals surface area (Å²) in [6.45, 7) is 6.32. The van der Waals surface area contributed by atoms with Gasteiger partial charge in [-0.3, -0.25) is 9.78 Å². The van der Waals surface area contributed by atoms with Gasteiger partial charge in [0.15, 0.2) is 0 Å². The first-order valence-corrected chi connectivity index (χ1v) is 7.19. The number of rotatable bonds is 5. The summed E-state index contributed by atoms with van der Waals surface area (Å²) in [6, 6.07) is 10.1. The van der Waals surface area contributed by atoms with Crippen LogP contribution in [0.3, 0.4) is 0 Å². The van der Waals surface area contributed by atoms with Crippen LogP contribution < -0.4 is 0 Å². The van der Waals surface area contributed by atoms with E-state index in [4.69, 9.17) is 4.74 Å². The highest BCUT2D eigenvalue weighted by molar-refractivity contribution is 5.83. The van der Waals surface area contributed by atoms with Gasteiger partial charge in [0.25, 0.3) is 0 Å². The van der Waals surface area contributed by atoms with Crippen LogP contribution in [0.25, 0.3) is 10.9 Å². The number of hydrogen-bond donors (Lipinski definition) is 0. The Bertz CT molecular complexity index is 607. The van der Waals surface area contributed by atoms with Crippen molar-refractivity contribution in [3.8, 4) is 0 Å². The largest absolute Gasteiger partial charge is 0.466 e. The second kappa shape index (κ2) is 6.51. The molecule has 0 saturated carbocycles. The van der Waals surface area contributed by atoms with Crippen molar-refractivity contribution in [2.45, 2.75) is 39.5 Å². The zero-order valence-corrected chi connectivity index (χ0v) is 12.3. The van der Waals surface area contributed by atoms with E-state index in [2.05, 4.69) is 24.0 Å². The molecule has 1 unspecified atom stereocenters. The average molecular weight is 271 g/mol. The molecule has 0 spiro atoms. The number of ether oxygens (including phenoxy) is 1. The Labute approximate surface area is 120 Å². The summed E-state index contributed by atoms with van der Waals surface area (Å²) in [4.78, 5) is 16.6. The number of aryl methyl sites for hydroxylation is 1. The third-order valence-electron chi connectivity index (χ3n) is 3.40. The molecule has 106 valence electrons. The van der Waals surface area contributed by atoms with Crippen LogP contribution in [0.1, 0.15) is 43.9 Å². The lowest BCUT2D eigenvalue weighted by Crippen LogP contribution is -2.16. The van der Waals surface area contributed by atoms with Crippen LogP contribution in [-0.2, 0) is 9.53 Å². The van der Waals surface area contributed by atoms with Crippen molar-refractivity contribution in [3.63, 3.8) is 0 Å². The molecule has 2 aromatic rings. The van der Waals surface area contributed by atoms with Gasteiger partial charge in [-0.2, -0.15) is 0 Å². The molecule has 1 heterocycles. The van der Waals surface area contributed by atoms with Gasteiger partial charge in [-0.05, 0) is 44.0 Å². The first-order chi connectivity index (χ1) is 9.65. The molecule has 0 aliphatic carbocycles. The number of carbonyl (C=O) groups is 1. The van der Waals surface area contributed by atoms with Gasteiger partial charge < -0.3 is 4.74 Å². The monoisotopic (exact) mass is 271 g/mol. The predicted molar refractivity (Wildman–Crippen MR) is 80.8 cm³/mol. The highest BCUT2D eigenvalue weighted by atomic mass is 16.5. The van der Waals surface area contributed by atoms with E-state index < -0.39 is 0 Å². The fourth-order valence-corrected chi connectivity index (χ4v) is 2.41. The normalized spacial score (nSPS) is 12.3. The summed E-state index contributed by atoms with van der Waals surface area (Å²) < 4.78 is 5.19. The molecule has 3 heteroatoms. The second-order valence-electron chi connectivity index (χ2n) is 5.00. The number of esters is 1. The number of aromatic nitrogens is 1. The molecular formula is C17H21NO2. The molecule has 0 aliphatic heterocycles. The van der Waals surface area contributed by atoms with E-state index in [1.165, 1.54) is 0 Å². The van der Waals surface area contributed by atoms with E-state index in [-0.39, 0.29) is 11.9 Å². The maximum atomic E-state index is 12.1. The van der Waals surface area contributed by atoms with Crippen LogP contribution in [0.5, 0.6) is 0 Å². The van der Waals surface area contributed by atoms with Crippen molar-refractivity contribution in [2.24, 2.45) is 0 Å². The van der Waals surface area contributed by atoms with E-state index in [0.717, 1.165) is 35.0 Å². The summed E-state index contributed by atoms with van der Waals surface area (Å²) in [5.41, 5.74) is 2.98. The van der Waals surface area contributed by atoms with Crippen LogP contribution in [-0.4, -0.2) is 17.6 Å². The SMILES string of the molecule is CCCC(C(=O)OCC)c1ccc2nc(C)ccc2c1. The highest BCUT2D eigenvalue weighted by Crippen LogP contribution is 2.26. The lowest BCUT2D eigenvalue weighted by Gasteiger charge is -2.15. The predicted octanol–water partition coefficient (Wildman–Crippen LogP) is 3.99. The maximum absolute atomic E-state index is 12.1. The molecule has 1 aromatic heterocycles. The minimum atomic E-state index is -0.175.